The van der Waals surface area contributed by atoms with Crippen LogP contribution in [0, 0.1) is 11.6 Å². The van der Waals surface area contributed by atoms with Crippen molar-refractivity contribution in [1.29, 1.82) is 0 Å². The Balaban J connectivity index is 1.95. The zero-order chi connectivity index (χ0) is 13.4. The first-order chi connectivity index (χ1) is 9.13. The maximum Gasteiger partial charge on any atom is 0.132 e. The minimum absolute atomic E-state index is 0.216. The van der Waals surface area contributed by atoms with E-state index in [9.17, 15) is 8.78 Å². The van der Waals surface area contributed by atoms with Crippen molar-refractivity contribution in [3.05, 3.63) is 41.6 Å². The van der Waals surface area contributed by atoms with Gasteiger partial charge in [-0.2, -0.15) is 5.10 Å². The van der Waals surface area contributed by atoms with Crippen molar-refractivity contribution in [2.75, 3.05) is 0 Å². The van der Waals surface area contributed by atoms with Crippen LogP contribution in [0.1, 0.15) is 18.4 Å². The molecule has 5 heteroatoms. The molecule has 100 valence electrons. The Hall–Kier alpha value is -1.75. The fourth-order valence-corrected chi connectivity index (χ4v) is 2.11. The van der Waals surface area contributed by atoms with Crippen molar-refractivity contribution in [2.24, 2.45) is 7.05 Å². The Morgan fingerprint density at radius 3 is 2.89 bits per heavy atom. The lowest BCUT2D eigenvalue weighted by molar-refractivity contribution is 0.601. The molecule has 0 radical (unpaired) electrons. The summed E-state index contributed by atoms with van der Waals surface area (Å²) in [6.45, 7) is 0.629. The predicted molar refractivity (Wildman–Crippen MR) is 68.4 cm³/mol. The van der Waals surface area contributed by atoms with Gasteiger partial charge in [0.2, 0.25) is 0 Å². The van der Waals surface area contributed by atoms with E-state index in [2.05, 4.69) is 10.4 Å². The first-order valence-corrected chi connectivity index (χ1v) is 6.35. The molecule has 1 N–H and O–H groups in total. The summed E-state index contributed by atoms with van der Waals surface area (Å²) in [6.07, 6.45) is 4.21. The van der Waals surface area contributed by atoms with Crippen LogP contribution >= 0.6 is 0 Å². The number of nitrogens with zero attached hydrogens (tertiary/aromatic N) is 2. The van der Waals surface area contributed by atoms with E-state index in [0.717, 1.165) is 17.7 Å². The van der Waals surface area contributed by atoms with Crippen LogP contribution in [0.4, 0.5) is 8.78 Å². The summed E-state index contributed by atoms with van der Waals surface area (Å²) in [7, 11) is 1.78. The molecule has 1 saturated carbocycles. The second kappa shape index (κ2) is 4.74. The van der Waals surface area contributed by atoms with Crippen molar-refractivity contribution in [3.8, 4) is 11.3 Å². The highest BCUT2D eigenvalue weighted by Gasteiger charge is 2.22. The molecule has 3 rings (SSSR count). The van der Waals surface area contributed by atoms with E-state index in [4.69, 9.17) is 0 Å². The van der Waals surface area contributed by atoms with Crippen molar-refractivity contribution in [1.82, 2.24) is 15.1 Å². The molecule has 3 nitrogen and oxygen atoms in total. The maximum atomic E-state index is 13.8. The van der Waals surface area contributed by atoms with Crippen LogP contribution in [0.2, 0.25) is 0 Å². The largest absolute Gasteiger partial charge is 0.310 e. The van der Waals surface area contributed by atoms with Gasteiger partial charge in [0.1, 0.15) is 11.6 Å². The Bertz CT molecular complexity index is 603. The average Bonchev–Trinajstić information content (AvgIpc) is 3.13. The molecule has 0 atom stereocenters. The van der Waals surface area contributed by atoms with Gasteiger partial charge in [-0.3, -0.25) is 4.68 Å². The maximum absolute atomic E-state index is 13.8. The number of nitrogens with one attached hydrogen (secondary N) is 1. The Kier molecular flexibility index (Phi) is 3.06. The number of aryl methyl sites for hydroxylation is 1. The van der Waals surface area contributed by atoms with Gasteiger partial charge in [-0.25, -0.2) is 8.78 Å². The van der Waals surface area contributed by atoms with Crippen LogP contribution in [0.3, 0.4) is 0 Å². The topological polar surface area (TPSA) is 29.9 Å². The van der Waals surface area contributed by atoms with E-state index in [1.54, 1.807) is 11.7 Å². The third-order valence-corrected chi connectivity index (χ3v) is 3.25. The SMILES string of the molecule is Cn1cc(CNC2CC2)c(-c2cc(F)ccc2F)n1. The molecule has 1 fully saturated rings. The van der Waals surface area contributed by atoms with Gasteiger partial charge in [0.15, 0.2) is 0 Å². The van der Waals surface area contributed by atoms with Crippen LogP contribution in [-0.4, -0.2) is 15.8 Å². The van der Waals surface area contributed by atoms with E-state index in [1.807, 2.05) is 6.20 Å². The first kappa shape index (κ1) is 12.3. The lowest BCUT2D eigenvalue weighted by atomic mass is 10.1. The second-order valence-electron chi connectivity index (χ2n) is 4.96. The van der Waals surface area contributed by atoms with Crippen molar-refractivity contribution >= 4 is 0 Å². The summed E-state index contributed by atoms with van der Waals surface area (Å²) < 4.78 is 28.7. The van der Waals surface area contributed by atoms with Crippen molar-refractivity contribution in [2.45, 2.75) is 25.4 Å². The first-order valence-electron chi connectivity index (χ1n) is 6.35. The average molecular weight is 263 g/mol. The molecule has 0 bridgehead atoms. The van der Waals surface area contributed by atoms with Crippen LogP contribution in [0.25, 0.3) is 11.3 Å². The normalized spacial score (nSPS) is 14.9. The molecule has 1 aromatic carbocycles. The van der Waals surface area contributed by atoms with E-state index in [1.165, 1.54) is 18.9 Å². The lowest BCUT2D eigenvalue weighted by Gasteiger charge is -2.05. The summed E-state index contributed by atoms with van der Waals surface area (Å²) in [4.78, 5) is 0. The van der Waals surface area contributed by atoms with E-state index in [0.29, 0.717) is 18.3 Å². The van der Waals surface area contributed by atoms with E-state index < -0.39 is 11.6 Å². The molecular formula is C14H15F2N3. The molecular weight excluding hydrogens is 248 g/mol. The van der Waals surface area contributed by atoms with Gasteiger partial charge in [-0.1, -0.05) is 0 Å². The predicted octanol–water partition coefficient (Wildman–Crippen LogP) is 2.62. The third-order valence-electron chi connectivity index (χ3n) is 3.25. The highest BCUT2D eigenvalue weighted by atomic mass is 19.1. The van der Waals surface area contributed by atoms with Gasteiger partial charge < -0.3 is 5.32 Å². The molecule has 1 aliphatic carbocycles. The van der Waals surface area contributed by atoms with Crippen LogP contribution in [-0.2, 0) is 13.6 Å². The number of hydrogen-bond donors (Lipinski definition) is 1. The molecule has 0 aliphatic heterocycles. The summed E-state index contributed by atoms with van der Waals surface area (Å²) in [5, 5.41) is 7.61. The van der Waals surface area contributed by atoms with Crippen LogP contribution in [0.15, 0.2) is 24.4 Å². The highest BCUT2D eigenvalue weighted by molar-refractivity contribution is 5.63. The summed E-state index contributed by atoms with van der Waals surface area (Å²) >= 11 is 0. The molecule has 1 heterocycles. The van der Waals surface area contributed by atoms with Gasteiger partial charge in [0.25, 0.3) is 0 Å². The molecule has 19 heavy (non-hydrogen) atoms. The minimum atomic E-state index is -0.455. The highest BCUT2D eigenvalue weighted by Crippen LogP contribution is 2.27. The zero-order valence-electron chi connectivity index (χ0n) is 10.7. The number of aromatic nitrogens is 2. The number of hydrogen-bond acceptors (Lipinski definition) is 2. The summed E-state index contributed by atoms with van der Waals surface area (Å²) in [6, 6.07) is 4.00. The third kappa shape index (κ3) is 2.66. The minimum Gasteiger partial charge on any atom is -0.310 e. The molecule has 0 spiro atoms. The molecule has 2 aromatic rings. The standard InChI is InChI=1S/C14H15F2N3/c1-19-8-9(7-17-11-3-4-11)14(18-19)12-6-10(15)2-5-13(12)16/h2,5-6,8,11,17H,3-4,7H2,1H3. The van der Waals surface area contributed by atoms with E-state index >= 15 is 0 Å². The lowest BCUT2D eigenvalue weighted by Crippen LogP contribution is -2.15. The quantitative estimate of drug-likeness (QED) is 0.919. The number of benzene rings is 1. The van der Waals surface area contributed by atoms with Gasteiger partial charge in [-0.15, -0.1) is 0 Å². The fourth-order valence-electron chi connectivity index (χ4n) is 2.11. The number of halogens is 2. The molecule has 1 aromatic heterocycles. The zero-order valence-corrected chi connectivity index (χ0v) is 10.7. The summed E-state index contributed by atoms with van der Waals surface area (Å²) in [5.74, 6) is -0.907. The molecule has 0 unspecified atom stereocenters. The van der Waals surface area contributed by atoms with E-state index in [-0.39, 0.29) is 5.56 Å². The van der Waals surface area contributed by atoms with Crippen LogP contribution in [0.5, 0.6) is 0 Å². The Morgan fingerprint density at radius 2 is 2.16 bits per heavy atom. The number of rotatable bonds is 4. The van der Waals surface area contributed by atoms with Crippen molar-refractivity contribution < 1.29 is 8.78 Å². The van der Waals surface area contributed by atoms with Gasteiger partial charge in [0, 0.05) is 37.0 Å². The fraction of sp³-hybridized carbons (Fsp3) is 0.357. The Morgan fingerprint density at radius 1 is 1.37 bits per heavy atom. The molecule has 0 amide bonds. The smallest absolute Gasteiger partial charge is 0.132 e. The molecule has 1 aliphatic rings. The van der Waals surface area contributed by atoms with Crippen LogP contribution < -0.4 is 5.32 Å². The Labute approximate surface area is 110 Å². The van der Waals surface area contributed by atoms with Gasteiger partial charge in [-0.05, 0) is 31.0 Å². The molecule has 0 saturated heterocycles. The van der Waals surface area contributed by atoms with Gasteiger partial charge in [0.05, 0.1) is 5.69 Å². The van der Waals surface area contributed by atoms with Crippen molar-refractivity contribution in [3.63, 3.8) is 0 Å². The van der Waals surface area contributed by atoms with Gasteiger partial charge >= 0.3 is 0 Å². The summed E-state index contributed by atoms with van der Waals surface area (Å²) in [5.41, 5.74) is 1.61. The second-order valence-corrected chi connectivity index (χ2v) is 4.96. The monoisotopic (exact) mass is 263 g/mol.